The van der Waals surface area contributed by atoms with Gasteiger partial charge in [-0.1, -0.05) is 26.0 Å². The van der Waals surface area contributed by atoms with Crippen LogP contribution in [-0.4, -0.2) is 27.6 Å². The lowest BCUT2D eigenvalue weighted by molar-refractivity contribution is -0.118. The Kier molecular flexibility index (Phi) is 4.82. The Hall–Kier alpha value is -3.60. The van der Waals surface area contributed by atoms with Crippen molar-refractivity contribution in [2.45, 2.75) is 39.5 Å². The van der Waals surface area contributed by atoms with Crippen molar-refractivity contribution >= 4 is 11.7 Å². The van der Waals surface area contributed by atoms with Gasteiger partial charge >= 0.3 is 0 Å². The van der Waals surface area contributed by atoms with Crippen molar-refractivity contribution in [3.8, 4) is 11.8 Å². The molecule has 0 fully saturated rings. The number of benzene rings is 1. The second-order valence-corrected chi connectivity index (χ2v) is 8.29. The van der Waals surface area contributed by atoms with Crippen LogP contribution in [0.25, 0.3) is 0 Å². The lowest BCUT2D eigenvalue weighted by Crippen LogP contribution is -2.42. The minimum Gasteiger partial charge on any atom is -0.494 e. The standard InChI is InChI=1S/C22H24N6O2/c1-4-30-14-7-5-13(6-8-14)18-15(11-23)20(24)28(21-25-12-26-27-21)16-9-22(2,3)10-17(29)19(16)18/h5-8,12,18H,4,9-10,24H2,1-3H3,(H,25,26,27)/t18-/m1/s1. The van der Waals surface area contributed by atoms with E-state index in [2.05, 4.69) is 35.1 Å². The number of ketones is 1. The van der Waals surface area contributed by atoms with Crippen LogP contribution >= 0.6 is 0 Å². The predicted molar refractivity (Wildman–Crippen MR) is 111 cm³/mol. The number of H-pyrrole nitrogens is 1. The Balaban J connectivity index is 1.92. The first-order chi connectivity index (χ1) is 14.4. The van der Waals surface area contributed by atoms with E-state index in [-0.39, 0.29) is 17.0 Å². The molecule has 8 nitrogen and oxygen atoms in total. The molecular formula is C22H24N6O2. The minimum absolute atomic E-state index is 0.0184. The summed E-state index contributed by atoms with van der Waals surface area (Å²) in [7, 11) is 0. The van der Waals surface area contributed by atoms with Gasteiger partial charge in [-0.25, -0.2) is 5.10 Å². The van der Waals surface area contributed by atoms with E-state index in [1.807, 2.05) is 31.2 Å². The van der Waals surface area contributed by atoms with Crippen LogP contribution in [0.5, 0.6) is 5.75 Å². The summed E-state index contributed by atoms with van der Waals surface area (Å²) in [5.41, 5.74) is 8.78. The topological polar surface area (TPSA) is 121 Å². The van der Waals surface area contributed by atoms with Crippen LogP contribution in [0.3, 0.4) is 0 Å². The summed E-state index contributed by atoms with van der Waals surface area (Å²) in [4.78, 5) is 19.3. The Bertz CT molecular complexity index is 1070. The van der Waals surface area contributed by atoms with Crippen LogP contribution in [0, 0.1) is 16.7 Å². The average Bonchev–Trinajstić information content (AvgIpc) is 3.21. The molecule has 4 rings (SSSR count). The minimum atomic E-state index is -0.525. The van der Waals surface area contributed by atoms with Crippen LogP contribution in [0.1, 0.15) is 45.1 Å². The monoisotopic (exact) mass is 404 g/mol. The fourth-order valence-corrected chi connectivity index (χ4v) is 4.31. The molecule has 0 amide bonds. The van der Waals surface area contributed by atoms with Crippen LogP contribution < -0.4 is 15.4 Å². The number of hydrogen-bond donors (Lipinski definition) is 2. The number of Topliss-reactive ketones (excluding diaryl/α,β-unsaturated/α-hetero) is 1. The highest BCUT2D eigenvalue weighted by Crippen LogP contribution is 2.49. The number of rotatable bonds is 4. The molecule has 3 N–H and O–H groups in total. The van der Waals surface area contributed by atoms with Crippen molar-refractivity contribution in [3.63, 3.8) is 0 Å². The number of carbonyl (C=O) groups is 1. The molecular weight excluding hydrogens is 380 g/mol. The summed E-state index contributed by atoms with van der Waals surface area (Å²) in [6, 6.07) is 9.73. The largest absolute Gasteiger partial charge is 0.494 e. The molecule has 2 aromatic rings. The molecule has 1 aromatic heterocycles. The normalized spacial score (nSPS) is 20.8. The number of carbonyl (C=O) groups excluding carboxylic acids is 1. The van der Waals surface area contributed by atoms with Gasteiger partial charge in [0.05, 0.1) is 24.2 Å². The Labute approximate surface area is 175 Å². The third-order valence-corrected chi connectivity index (χ3v) is 5.52. The predicted octanol–water partition coefficient (Wildman–Crippen LogP) is 3.14. The Morgan fingerprint density at radius 3 is 2.67 bits per heavy atom. The average molecular weight is 404 g/mol. The summed E-state index contributed by atoms with van der Waals surface area (Å²) in [6.07, 6.45) is 2.41. The van der Waals surface area contributed by atoms with Crippen LogP contribution in [-0.2, 0) is 4.79 Å². The van der Waals surface area contributed by atoms with Gasteiger partial charge in [0, 0.05) is 17.7 Å². The molecule has 2 heterocycles. The first-order valence-corrected chi connectivity index (χ1v) is 9.90. The van der Waals surface area contributed by atoms with Crippen molar-refractivity contribution < 1.29 is 9.53 Å². The number of anilines is 1. The fraction of sp³-hybridized carbons (Fsp3) is 0.364. The van der Waals surface area contributed by atoms with E-state index in [0.717, 1.165) is 17.0 Å². The van der Waals surface area contributed by atoms with Crippen LogP contribution in [0.4, 0.5) is 5.95 Å². The SMILES string of the molecule is CCOc1ccc([C@@H]2C(C#N)=C(N)N(c3ncn[nH]3)C3=C2C(=O)CC(C)(C)C3)cc1. The molecule has 0 saturated heterocycles. The number of nitrogens with two attached hydrogens (primary N) is 1. The van der Waals surface area contributed by atoms with Gasteiger partial charge in [0.25, 0.3) is 0 Å². The molecule has 8 heteroatoms. The molecule has 2 aliphatic rings. The van der Waals surface area contributed by atoms with Crippen molar-refractivity contribution in [2.24, 2.45) is 11.1 Å². The van der Waals surface area contributed by atoms with E-state index in [0.29, 0.717) is 36.5 Å². The number of nitrogens with one attached hydrogen (secondary N) is 1. The lowest BCUT2D eigenvalue weighted by Gasteiger charge is -2.42. The van der Waals surface area contributed by atoms with Gasteiger partial charge < -0.3 is 10.5 Å². The van der Waals surface area contributed by atoms with E-state index in [4.69, 9.17) is 10.5 Å². The highest BCUT2D eigenvalue weighted by Gasteiger charge is 2.45. The zero-order valence-corrected chi connectivity index (χ0v) is 17.3. The molecule has 30 heavy (non-hydrogen) atoms. The van der Waals surface area contributed by atoms with Gasteiger partial charge in [-0.2, -0.15) is 15.3 Å². The zero-order chi connectivity index (χ0) is 21.5. The Morgan fingerprint density at radius 1 is 1.33 bits per heavy atom. The van der Waals surface area contributed by atoms with Gasteiger partial charge in [-0.05, 0) is 36.5 Å². The van der Waals surface area contributed by atoms with Gasteiger partial charge in [-0.3, -0.25) is 9.69 Å². The van der Waals surface area contributed by atoms with Crippen molar-refractivity contribution in [2.75, 3.05) is 11.5 Å². The van der Waals surface area contributed by atoms with Gasteiger partial charge in [0.1, 0.15) is 17.9 Å². The summed E-state index contributed by atoms with van der Waals surface area (Å²) in [5.74, 6) is 0.884. The van der Waals surface area contributed by atoms with E-state index < -0.39 is 5.92 Å². The summed E-state index contributed by atoms with van der Waals surface area (Å²) >= 11 is 0. The first kappa shape index (κ1) is 19.7. The maximum atomic E-state index is 13.4. The summed E-state index contributed by atoms with van der Waals surface area (Å²) in [6.45, 7) is 6.59. The number of hydrogen-bond acceptors (Lipinski definition) is 7. The fourth-order valence-electron chi connectivity index (χ4n) is 4.31. The number of aromatic amines is 1. The quantitative estimate of drug-likeness (QED) is 0.803. The molecule has 1 aliphatic carbocycles. The molecule has 0 unspecified atom stereocenters. The second kappa shape index (κ2) is 7.34. The van der Waals surface area contributed by atoms with E-state index in [1.54, 1.807) is 4.90 Å². The number of ether oxygens (including phenoxy) is 1. The third-order valence-electron chi connectivity index (χ3n) is 5.52. The maximum Gasteiger partial charge on any atom is 0.231 e. The molecule has 0 bridgehead atoms. The molecule has 0 saturated carbocycles. The van der Waals surface area contributed by atoms with E-state index in [1.165, 1.54) is 6.33 Å². The molecule has 154 valence electrons. The zero-order valence-electron chi connectivity index (χ0n) is 17.3. The maximum absolute atomic E-state index is 13.4. The van der Waals surface area contributed by atoms with Gasteiger partial charge in [-0.15, -0.1) is 0 Å². The van der Waals surface area contributed by atoms with Crippen LogP contribution in [0.2, 0.25) is 0 Å². The molecule has 1 aromatic carbocycles. The van der Waals surface area contributed by atoms with E-state index in [9.17, 15) is 10.1 Å². The number of allylic oxidation sites excluding steroid dienone is 3. The molecule has 0 radical (unpaired) electrons. The van der Waals surface area contributed by atoms with Crippen molar-refractivity contribution in [1.29, 1.82) is 5.26 Å². The molecule has 1 aliphatic heterocycles. The van der Waals surface area contributed by atoms with Crippen molar-refractivity contribution in [3.05, 3.63) is 58.8 Å². The van der Waals surface area contributed by atoms with Crippen LogP contribution in [0.15, 0.2) is 53.3 Å². The molecule has 1 atom stereocenters. The highest BCUT2D eigenvalue weighted by molar-refractivity contribution is 6.01. The Morgan fingerprint density at radius 2 is 2.07 bits per heavy atom. The smallest absolute Gasteiger partial charge is 0.231 e. The lowest BCUT2D eigenvalue weighted by atomic mass is 9.68. The summed E-state index contributed by atoms with van der Waals surface area (Å²) < 4.78 is 5.54. The molecule has 0 spiro atoms. The number of nitriles is 1. The second-order valence-electron chi connectivity index (χ2n) is 8.29. The summed E-state index contributed by atoms with van der Waals surface area (Å²) in [5, 5.41) is 16.7. The van der Waals surface area contributed by atoms with Gasteiger partial charge in [0.15, 0.2) is 5.78 Å². The van der Waals surface area contributed by atoms with Crippen molar-refractivity contribution in [1.82, 2.24) is 15.2 Å². The third kappa shape index (κ3) is 3.22. The first-order valence-electron chi connectivity index (χ1n) is 9.90. The highest BCUT2D eigenvalue weighted by atomic mass is 16.5. The number of nitrogens with zero attached hydrogens (tertiary/aromatic N) is 4. The van der Waals surface area contributed by atoms with E-state index >= 15 is 0 Å². The van der Waals surface area contributed by atoms with Gasteiger partial charge in [0.2, 0.25) is 5.95 Å². The number of aromatic nitrogens is 3.